The maximum absolute atomic E-state index is 12.2. The van der Waals surface area contributed by atoms with Gasteiger partial charge in [0, 0.05) is 23.2 Å². The van der Waals surface area contributed by atoms with E-state index in [-0.39, 0.29) is 18.1 Å². The highest BCUT2D eigenvalue weighted by molar-refractivity contribution is 5.90. The normalized spacial score (nSPS) is 14.9. The number of nitrogens with one attached hydrogen (secondary N) is 1. The minimum absolute atomic E-state index is 0.0144. The van der Waals surface area contributed by atoms with E-state index in [1.807, 2.05) is 48.5 Å². The van der Waals surface area contributed by atoms with Gasteiger partial charge in [0.1, 0.15) is 5.75 Å². The minimum Gasteiger partial charge on any atom is -0.483 e. The fourth-order valence-corrected chi connectivity index (χ4v) is 4.43. The summed E-state index contributed by atoms with van der Waals surface area (Å²) in [5, 5.41) is 6.17. The first kappa shape index (κ1) is 21.6. The number of ether oxygens (including phenoxy) is 1. The van der Waals surface area contributed by atoms with Gasteiger partial charge in [0.2, 0.25) is 0 Å². The highest BCUT2D eigenvalue weighted by atomic mass is 16.5. The van der Waals surface area contributed by atoms with Gasteiger partial charge < -0.3 is 9.64 Å². The summed E-state index contributed by atoms with van der Waals surface area (Å²) in [6.07, 6.45) is 3.96. The lowest BCUT2D eigenvalue weighted by Gasteiger charge is -2.42. The van der Waals surface area contributed by atoms with Gasteiger partial charge in [-0.25, -0.2) is 5.43 Å². The quantitative estimate of drug-likeness (QED) is 0.424. The Morgan fingerprint density at radius 1 is 1.12 bits per heavy atom. The highest BCUT2D eigenvalue weighted by Crippen LogP contribution is 2.38. The number of anilines is 1. The number of carbonyl (C=O) groups is 1. The van der Waals surface area contributed by atoms with Crippen LogP contribution in [-0.4, -0.2) is 30.8 Å². The zero-order chi connectivity index (χ0) is 22.7. The van der Waals surface area contributed by atoms with Gasteiger partial charge in [-0.1, -0.05) is 48.5 Å². The van der Waals surface area contributed by atoms with E-state index in [2.05, 4.69) is 61.3 Å². The van der Waals surface area contributed by atoms with Crippen molar-refractivity contribution in [2.24, 2.45) is 5.10 Å². The van der Waals surface area contributed by atoms with Crippen LogP contribution in [0.4, 0.5) is 5.69 Å². The summed E-state index contributed by atoms with van der Waals surface area (Å²) in [6.45, 7) is 9.61. The molecule has 0 bridgehead atoms. The van der Waals surface area contributed by atoms with Crippen LogP contribution in [0.2, 0.25) is 0 Å². The molecule has 4 rings (SSSR count). The lowest BCUT2D eigenvalue weighted by Crippen LogP contribution is -2.44. The third-order valence-corrected chi connectivity index (χ3v) is 5.83. The molecule has 0 unspecified atom stereocenters. The summed E-state index contributed by atoms with van der Waals surface area (Å²) in [7, 11) is 0. The first-order valence-electron chi connectivity index (χ1n) is 10.9. The van der Waals surface area contributed by atoms with Crippen molar-refractivity contribution in [3.8, 4) is 5.75 Å². The lowest BCUT2D eigenvalue weighted by atomic mass is 9.88. The highest BCUT2D eigenvalue weighted by Gasteiger charge is 2.29. The number of fused-ring (bicyclic) bond motifs is 2. The van der Waals surface area contributed by atoms with Gasteiger partial charge in [-0.05, 0) is 62.4 Å². The second-order valence-corrected chi connectivity index (χ2v) is 8.56. The van der Waals surface area contributed by atoms with Crippen molar-refractivity contribution in [3.05, 3.63) is 77.9 Å². The summed E-state index contributed by atoms with van der Waals surface area (Å²) in [5.41, 5.74) is 7.14. The zero-order valence-electron chi connectivity index (χ0n) is 19.1. The van der Waals surface area contributed by atoms with Crippen molar-refractivity contribution >= 4 is 34.2 Å². The van der Waals surface area contributed by atoms with E-state index in [4.69, 9.17) is 4.74 Å². The first-order chi connectivity index (χ1) is 15.4. The maximum atomic E-state index is 12.2. The summed E-state index contributed by atoms with van der Waals surface area (Å²) < 4.78 is 5.72. The van der Waals surface area contributed by atoms with Gasteiger partial charge in [-0.3, -0.25) is 4.79 Å². The summed E-state index contributed by atoms with van der Waals surface area (Å²) >= 11 is 0. The molecule has 5 heteroatoms. The molecule has 3 aromatic carbocycles. The second-order valence-electron chi connectivity index (χ2n) is 8.56. The number of hydrogen-bond acceptors (Lipinski definition) is 4. The van der Waals surface area contributed by atoms with Gasteiger partial charge >= 0.3 is 0 Å². The number of likely N-dealkylation sites (N-methyl/N-ethyl adjacent to an activating group) is 1. The van der Waals surface area contributed by atoms with Crippen LogP contribution in [0.5, 0.6) is 5.75 Å². The van der Waals surface area contributed by atoms with Crippen molar-refractivity contribution in [2.45, 2.75) is 33.2 Å². The number of rotatable bonds is 6. The Bertz CT molecular complexity index is 1210. The number of carbonyl (C=O) groups excluding carboxylic acids is 1. The van der Waals surface area contributed by atoms with Gasteiger partial charge in [0.15, 0.2) is 6.61 Å². The van der Waals surface area contributed by atoms with Crippen LogP contribution >= 0.6 is 0 Å². The molecular weight excluding hydrogens is 398 g/mol. The largest absolute Gasteiger partial charge is 0.483 e. The van der Waals surface area contributed by atoms with E-state index >= 15 is 0 Å². The average Bonchev–Trinajstić information content (AvgIpc) is 2.77. The molecular formula is C27H29N3O2. The lowest BCUT2D eigenvalue weighted by molar-refractivity contribution is -0.123. The molecule has 1 aliphatic rings. The molecule has 32 heavy (non-hydrogen) atoms. The van der Waals surface area contributed by atoms with E-state index in [1.54, 1.807) is 6.21 Å². The number of amides is 1. The minimum atomic E-state index is -0.304. The Morgan fingerprint density at radius 3 is 2.72 bits per heavy atom. The number of hydrazone groups is 1. The number of allylic oxidation sites excluding steroid dienone is 1. The van der Waals surface area contributed by atoms with Crippen LogP contribution in [0.25, 0.3) is 16.3 Å². The molecule has 0 aliphatic carbocycles. The standard InChI is InChI=1S/C27H29N3O2/c1-5-30-24-14-13-20(15-23(24)19(2)16-27(30,3)4)17-28-29-26(31)18-32-25-12-8-10-21-9-6-7-11-22(21)25/h6-17H,5,18H2,1-4H3,(H,29,31)/b28-17+. The monoisotopic (exact) mass is 427 g/mol. The molecule has 0 fully saturated rings. The van der Waals surface area contributed by atoms with Crippen molar-refractivity contribution in [1.29, 1.82) is 0 Å². The molecule has 0 spiro atoms. The van der Waals surface area contributed by atoms with E-state index in [1.165, 1.54) is 16.8 Å². The van der Waals surface area contributed by atoms with Crippen LogP contribution in [0.15, 0.2) is 71.8 Å². The Hall–Kier alpha value is -3.60. The Kier molecular flexibility index (Phi) is 5.99. The van der Waals surface area contributed by atoms with E-state index in [0.29, 0.717) is 5.75 Å². The summed E-state index contributed by atoms with van der Waals surface area (Å²) in [5.74, 6) is 0.379. The van der Waals surface area contributed by atoms with E-state index < -0.39 is 0 Å². The average molecular weight is 428 g/mol. The molecule has 5 nitrogen and oxygen atoms in total. The van der Waals surface area contributed by atoms with Crippen molar-refractivity contribution < 1.29 is 9.53 Å². The van der Waals surface area contributed by atoms with Crippen LogP contribution in [0.1, 0.15) is 38.8 Å². The van der Waals surface area contributed by atoms with Gasteiger partial charge in [0.25, 0.3) is 5.91 Å². The van der Waals surface area contributed by atoms with Crippen molar-refractivity contribution in [2.75, 3.05) is 18.1 Å². The predicted molar refractivity (Wildman–Crippen MR) is 132 cm³/mol. The number of benzene rings is 3. The number of hydrogen-bond donors (Lipinski definition) is 1. The smallest absolute Gasteiger partial charge is 0.277 e. The molecule has 1 N–H and O–H groups in total. The van der Waals surface area contributed by atoms with Crippen molar-refractivity contribution in [1.82, 2.24) is 5.43 Å². The fraction of sp³-hybridized carbons (Fsp3) is 0.259. The van der Waals surface area contributed by atoms with Crippen LogP contribution in [0.3, 0.4) is 0 Å². The zero-order valence-corrected chi connectivity index (χ0v) is 19.1. The van der Waals surface area contributed by atoms with Crippen molar-refractivity contribution in [3.63, 3.8) is 0 Å². The molecule has 1 heterocycles. The van der Waals surface area contributed by atoms with Gasteiger partial charge in [-0.15, -0.1) is 0 Å². The molecule has 0 atom stereocenters. The van der Waals surface area contributed by atoms with Gasteiger partial charge in [0.05, 0.1) is 11.8 Å². The molecule has 1 amide bonds. The SMILES string of the molecule is CCN1c2ccc(/C=N/NC(=O)COc3cccc4ccccc34)cc2C(C)=CC1(C)C. The van der Waals surface area contributed by atoms with E-state index in [9.17, 15) is 4.79 Å². The maximum Gasteiger partial charge on any atom is 0.277 e. The molecule has 0 aromatic heterocycles. The van der Waals surface area contributed by atoms with E-state index in [0.717, 1.165) is 22.9 Å². The third kappa shape index (κ3) is 4.37. The predicted octanol–water partition coefficient (Wildman–Crippen LogP) is 5.39. The summed E-state index contributed by atoms with van der Waals surface area (Å²) in [4.78, 5) is 14.6. The Balaban J connectivity index is 1.40. The second kappa shape index (κ2) is 8.87. The molecule has 0 saturated carbocycles. The van der Waals surface area contributed by atoms with Gasteiger partial charge in [-0.2, -0.15) is 5.10 Å². The Morgan fingerprint density at radius 2 is 1.91 bits per heavy atom. The Labute approximate surface area is 189 Å². The molecule has 0 radical (unpaired) electrons. The molecule has 0 saturated heterocycles. The molecule has 3 aromatic rings. The van der Waals surface area contributed by atoms with Crippen LogP contribution in [0, 0.1) is 0 Å². The van der Waals surface area contributed by atoms with Crippen LogP contribution < -0.4 is 15.1 Å². The molecule has 1 aliphatic heterocycles. The topological polar surface area (TPSA) is 53.9 Å². The number of nitrogens with zero attached hydrogens (tertiary/aromatic N) is 2. The molecule has 164 valence electrons. The first-order valence-corrected chi connectivity index (χ1v) is 10.9. The van der Waals surface area contributed by atoms with Crippen LogP contribution in [-0.2, 0) is 4.79 Å². The summed E-state index contributed by atoms with van der Waals surface area (Å²) in [6, 6.07) is 20.0. The fourth-order valence-electron chi connectivity index (χ4n) is 4.43. The third-order valence-electron chi connectivity index (χ3n) is 5.83.